The first-order valence-electron chi connectivity index (χ1n) is 9.13. The molecule has 1 aromatic heterocycles. The minimum Gasteiger partial charge on any atom is -0.383 e. The Morgan fingerprint density at radius 2 is 1.78 bits per heavy atom. The fourth-order valence-corrected chi connectivity index (χ4v) is 3.44. The molecular formula is C21H28N2O3S. The fourth-order valence-electron chi connectivity index (χ4n) is 2.72. The van der Waals surface area contributed by atoms with Gasteiger partial charge in [-0.25, -0.2) is 0 Å². The molecule has 6 heteroatoms. The molecule has 0 bridgehead atoms. The molecule has 146 valence electrons. The van der Waals surface area contributed by atoms with Crippen LogP contribution in [-0.2, 0) is 27.4 Å². The summed E-state index contributed by atoms with van der Waals surface area (Å²) >= 11 is 1.63. The van der Waals surface area contributed by atoms with Crippen LogP contribution >= 0.6 is 11.3 Å². The molecule has 0 aliphatic rings. The second-order valence-electron chi connectivity index (χ2n) is 6.72. The molecule has 0 saturated carbocycles. The topological polar surface area (TPSA) is 49.9 Å². The fraction of sp³-hybridized carbons (Fsp3) is 0.429. The summed E-state index contributed by atoms with van der Waals surface area (Å²) in [6.07, 6.45) is 0. The van der Waals surface area contributed by atoms with Gasteiger partial charge in [-0.2, -0.15) is 0 Å². The first kappa shape index (κ1) is 21.1. The molecule has 0 aliphatic carbocycles. The average molecular weight is 389 g/mol. The second-order valence-corrected chi connectivity index (χ2v) is 7.75. The van der Waals surface area contributed by atoms with E-state index in [2.05, 4.69) is 0 Å². The Morgan fingerprint density at radius 1 is 1.04 bits per heavy atom. The van der Waals surface area contributed by atoms with Gasteiger partial charge in [0, 0.05) is 31.0 Å². The van der Waals surface area contributed by atoms with Crippen LogP contribution in [0.5, 0.6) is 0 Å². The Hall–Kier alpha value is -2.18. The van der Waals surface area contributed by atoms with Gasteiger partial charge in [-0.3, -0.25) is 9.59 Å². The summed E-state index contributed by atoms with van der Waals surface area (Å²) in [5.41, 5.74) is 1.07. The van der Waals surface area contributed by atoms with E-state index in [0.717, 1.165) is 10.4 Å². The lowest BCUT2D eigenvalue weighted by Gasteiger charge is -2.28. The van der Waals surface area contributed by atoms with Crippen LogP contribution in [0.3, 0.4) is 0 Å². The van der Waals surface area contributed by atoms with Gasteiger partial charge in [0.15, 0.2) is 0 Å². The highest BCUT2D eigenvalue weighted by Crippen LogP contribution is 2.15. The van der Waals surface area contributed by atoms with Crippen molar-refractivity contribution in [3.8, 4) is 0 Å². The molecule has 0 fully saturated rings. The third-order valence-corrected chi connectivity index (χ3v) is 5.05. The summed E-state index contributed by atoms with van der Waals surface area (Å²) in [5.74, 6) is -0.247. The smallest absolute Gasteiger partial charge is 0.242 e. The predicted molar refractivity (Wildman–Crippen MR) is 108 cm³/mol. The van der Waals surface area contributed by atoms with Crippen molar-refractivity contribution < 1.29 is 14.3 Å². The highest BCUT2D eigenvalue weighted by Gasteiger charge is 2.23. The minimum absolute atomic E-state index is 0.0313. The van der Waals surface area contributed by atoms with Gasteiger partial charge in [0.2, 0.25) is 11.8 Å². The van der Waals surface area contributed by atoms with Gasteiger partial charge >= 0.3 is 0 Å². The number of amides is 2. The molecule has 0 radical (unpaired) electrons. The average Bonchev–Trinajstić information content (AvgIpc) is 3.17. The molecule has 5 nitrogen and oxygen atoms in total. The molecule has 0 spiro atoms. The SMILES string of the molecule is COCCN(CC(=O)N(Cc1ccccc1)Cc1cccs1)C(=O)C(C)C. The molecule has 2 rings (SSSR count). The predicted octanol–water partition coefficient (Wildman–Crippen LogP) is 3.41. The zero-order valence-electron chi connectivity index (χ0n) is 16.3. The number of nitrogens with zero attached hydrogens (tertiary/aromatic N) is 2. The third-order valence-electron chi connectivity index (χ3n) is 4.19. The zero-order chi connectivity index (χ0) is 19.6. The maximum atomic E-state index is 13.1. The van der Waals surface area contributed by atoms with Crippen LogP contribution < -0.4 is 0 Å². The van der Waals surface area contributed by atoms with Crippen LogP contribution in [0.1, 0.15) is 24.3 Å². The first-order chi connectivity index (χ1) is 13.0. The Bertz CT molecular complexity index is 701. The van der Waals surface area contributed by atoms with E-state index in [1.165, 1.54) is 0 Å². The maximum absolute atomic E-state index is 13.1. The molecule has 0 saturated heterocycles. The number of ether oxygens (including phenoxy) is 1. The molecule has 1 aromatic carbocycles. The lowest BCUT2D eigenvalue weighted by Crippen LogP contribution is -2.45. The van der Waals surface area contributed by atoms with Gasteiger partial charge in [0.1, 0.15) is 0 Å². The molecule has 27 heavy (non-hydrogen) atoms. The molecule has 0 N–H and O–H groups in total. The van der Waals surface area contributed by atoms with Crippen molar-refractivity contribution in [2.75, 3.05) is 26.8 Å². The number of hydrogen-bond acceptors (Lipinski definition) is 4. The summed E-state index contributed by atoms with van der Waals surface area (Å²) in [4.78, 5) is 30.1. The first-order valence-corrected chi connectivity index (χ1v) is 10.0. The van der Waals surface area contributed by atoms with Crippen LogP contribution in [0.15, 0.2) is 47.8 Å². The van der Waals surface area contributed by atoms with Crippen molar-refractivity contribution in [3.63, 3.8) is 0 Å². The van der Waals surface area contributed by atoms with Gasteiger partial charge in [-0.1, -0.05) is 50.2 Å². The zero-order valence-corrected chi connectivity index (χ0v) is 17.1. The van der Waals surface area contributed by atoms with Crippen molar-refractivity contribution in [2.45, 2.75) is 26.9 Å². The summed E-state index contributed by atoms with van der Waals surface area (Å²) in [6, 6.07) is 13.9. The van der Waals surface area contributed by atoms with Crippen LogP contribution in [0.25, 0.3) is 0 Å². The van der Waals surface area contributed by atoms with Crippen molar-refractivity contribution in [3.05, 3.63) is 58.3 Å². The Balaban J connectivity index is 2.13. The number of hydrogen-bond donors (Lipinski definition) is 0. The molecule has 0 unspecified atom stereocenters. The molecule has 1 heterocycles. The molecule has 2 aromatic rings. The summed E-state index contributed by atoms with van der Waals surface area (Å²) in [5, 5.41) is 2.01. The number of carbonyl (C=O) groups is 2. The van der Waals surface area contributed by atoms with E-state index < -0.39 is 0 Å². The van der Waals surface area contributed by atoms with E-state index in [4.69, 9.17) is 4.74 Å². The van der Waals surface area contributed by atoms with Gasteiger partial charge < -0.3 is 14.5 Å². The molecule has 0 atom stereocenters. The lowest BCUT2D eigenvalue weighted by molar-refractivity contribution is -0.143. The van der Waals surface area contributed by atoms with E-state index in [1.807, 2.05) is 66.6 Å². The third kappa shape index (κ3) is 6.81. The summed E-state index contributed by atoms with van der Waals surface area (Å²) in [6.45, 7) is 5.65. The highest BCUT2D eigenvalue weighted by atomic mass is 32.1. The maximum Gasteiger partial charge on any atom is 0.242 e. The van der Waals surface area contributed by atoms with E-state index in [1.54, 1.807) is 23.3 Å². The van der Waals surface area contributed by atoms with Gasteiger partial charge in [0.25, 0.3) is 0 Å². The van der Waals surface area contributed by atoms with Crippen LogP contribution in [-0.4, -0.2) is 48.4 Å². The number of benzene rings is 1. The quantitative estimate of drug-likeness (QED) is 0.627. The Morgan fingerprint density at radius 3 is 2.37 bits per heavy atom. The molecule has 0 aliphatic heterocycles. The normalized spacial score (nSPS) is 10.8. The van der Waals surface area contributed by atoms with E-state index in [9.17, 15) is 9.59 Å². The van der Waals surface area contributed by atoms with E-state index in [-0.39, 0.29) is 24.3 Å². The number of carbonyl (C=O) groups excluding carboxylic acids is 2. The van der Waals surface area contributed by atoms with Crippen LogP contribution in [0.2, 0.25) is 0 Å². The van der Waals surface area contributed by atoms with Crippen molar-refractivity contribution in [2.24, 2.45) is 5.92 Å². The van der Waals surface area contributed by atoms with Crippen LogP contribution in [0, 0.1) is 5.92 Å². The van der Waals surface area contributed by atoms with Gasteiger partial charge in [-0.15, -0.1) is 11.3 Å². The minimum atomic E-state index is -0.158. The largest absolute Gasteiger partial charge is 0.383 e. The van der Waals surface area contributed by atoms with Crippen LogP contribution in [0.4, 0.5) is 0 Å². The van der Waals surface area contributed by atoms with E-state index >= 15 is 0 Å². The Labute approximate surface area is 165 Å². The van der Waals surface area contributed by atoms with Gasteiger partial charge in [0.05, 0.1) is 19.7 Å². The van der Waals surface area contributed by atoms with Crippen molar-refractivity contribution in [1.82, 2.24) is 9.80 Å². The standard InChI is InChI=1S/C21H28N2O3S/c1-17(2)21(25)22(11-12-26-3)16-20(24)23(15-19-10-7-13-27-19)14-18-8-5-4-6-9-18/h4-10,13,17H,11-12,14-16H2,1-3H3. The van der Waals surface area contributed by atoms with Crippen molar-refractivity contribution in [1.29, 1.82) is 0 Å². The molecular weight excluding hydrogens is 360 g/mol. The monoisotopic (exact) mass is 388 g/mol. The summed E-state index contributed by atoms with van der Waals surface area (Å²) in [7, 11) is 1.60. The molecule has 2 amide bonds. The number of thiophene rings is 1. The lowest BCUT2D eigenvalue weighted by atomic mass is 10.2. The number of rotatable bonds is 10. The summed E-state index contributed by atoms with van der Waals surface area (Å²) < 4.78 is 5.11. The highest BCUT2D eigenvalue weighted by molar-refractivity contribution is 7.09. The Kier molecular flexibility index (Phi) is 8.48. The van der Waals surface area contributed by atoms with Gasteiger partial charge in [-0.05, 0) is 17.0 Å². The number of methoxy groups -OCH3 is 1. The second kappa shape index (κ2) is 10.8. The van der Waals surface area contributed by atoms with Crippen molar-refractivity contribution >= 4 is 23.2 Å². The van der Waals surface area contributed by atoms with E-state index in [0.29, 0.717) is 26.2 Å².